The second kappa shape index (κ2) is 15.3. The van der Waals surface area contributed by atoms with E-state index in [1.165, 1.54) is 0 Å². The second-order valence-electron chi connectivity index (χ2n) is 15.1. The maximum absolute atomic E-state index is 14.4. The Morgan fingerprint density at radius 1 is 0.800 bits per heavy atom. The van der Waals surface area contributed by atoms with E-state index in [0.29, 0.717) is 46.1 Å². The molecule has 3 aromatic carbocycles. The molecule has 264 valence electrons. The lowest BCUT2D eigenvalue weighted by atomic mass is 9.88. The summed E-state index contributed by atoms with van der Waals surface area (Å²) in [5.74, 6) is 0.0287. The number of methoxy groups -OCH3 is 1. The lowest BCUT2D eigenvalue weighted by Crippen LogP contribution is -2.38. The fourth-order valence-corrected chi connectivity index (χ4v) is 5.60. The van der Waals surface area contributed by atoms with Crippen LogP contribution in [0.15, 0.2) is 78.9 Å². The number of nitrogens with zero attached hydrogens (tertiary/aromatic N) is 2. The molecule has 0 bridgehead atoms. The van der Waals surface area contributed by atoms with Gasteiger partial charge in [0.1, 0.15) is 22.9 Å². The highest BCUT2D eigenvalue weighted by molar-refractivity contribution is 6.10. The van der Waals surface area contributed by atoms with Crippen LogP contribution in [0.3, 0.4) is 0 Å². The number of anilines is 1. The number of aryl methyl sites for hydroxylation is 2. The fourth-order valence-electron chi connectivity index (χ4n) is 5.60. The van der Waals surface area contributed by atoms with E-state index >= 15 is 0 Å². The van der Waals surface area contributed by atoms with Crippen molar-refractivity contribution in [1.82, 2.24) is 4.98 Å². The van der Waals surface area contributed by atoms with Gasteiger partial charge in [-0.3, -0.25) is 14.5 Å². The number of benzene rings is 3. The van der Waals surface area contributed by atoms with Crippen LogP contribution in [0, 0.1) is 25.2 Å². The molecule has 2 atom stereocenters. The van der Waals surface area contributed by atoms with Gasteiger partial charge >= 0.3 is 11.9 Å². The van der Waals surface area contributed by atoms with E-state index in [1.807, 2.05) is 97.0 Å². The van der Waals surface area contributed by atoms with Gasteiger partial charge in [0.25, 0.3) is 5.91 Å². The molecule has 0 spiro atoms. The molecule has 0 unspecified atom stereocenters. The summed E-state index contributed by atoms with van der Waals surface area (Å²) in [5.41, 5.74) is 3.89. The predicted octanol–water partition coefficient (Wildman–Crippen LogP) is 9.37. The zero-order chi connectivity index (χ0) is 37.0. The van der Waals surface area contributed by atoms with Crippen molar-refractivity contribution in [2.24, 2.45) is 11.3 Å². The van der Waals surface area contributed by atoms with E-state index in [-0.39, 0.29) is 23.2 Å². The average Bonchev–Trinajstić information content (AvgIpc) is 3.04. The van der Waals surface area contributed by atoms with Crippen LogP contribution in [0.4, 0.5) is 5.82 Å². The highest BCUT2D eigenvalue weighted by Gasteiger charge is 2.29. The van der Waals surface area contributed by atoms with Crippen molar-refractivity contribution < 1.29 is 28.6 Å². The van der Waals surface area contributed by atoms with Crippen LogP contribution < -0.4 is 14.4 Å². The molecule has 50 heavy (non-hydrogen) atoms. The molecule has 0 aliphatic rings. The van der Waals surface area contributed by atoms with Crippen molar-refractivity contribution in [2.45, 2.75) is 80.8 Å². The monoisotopic (exact) mass is 678 g/mol. The summed E-state index contributed by atoms with van der Waals surface area (Å²) < 4.78 is 17.0. The first kappa shape index (κ1) is 37.8. The van der Waals surface area contributed by atoms with Gasteiger partial charge in [0.2, 0.25) is 0 Å². The molecule has 1 amide bonds. The van der Waals surface area contributed by atoms with E-state index in [4.69, 9.17) is 14.2 Å². The molecule has 1 heterocycles. The van der Waals surface area contributed by atoms with Crippen LogP contribution in [-0.2, 0) is 9.53 Å². The van der Waals surface area contributed by atoms with E-state index < -0.39 is 17.5 Å². The molecule has 4 aromatic rings. The van der Waals surface area contributed by atoms with Gasteiger partial charge in [0.05, 0.1) is 18.6 Å². The summed E-state index contributed by atoms with van der Waals surface area (Å²) in [4.78, 5) is 46.9. The number of aromatic nitrogens is 1. The van der Waals surface area contributed by atoms with Crippen molar-refractivity contribution in [3.63, 3.8) is 0 Å². The maximum atomic E-state index is 14.4. The van der Waals surface area contributed by atoms with E-state index in [9.17, 15) is 14.4 Å². The van der Waals surface area contributed by atoms with Crippen molar-refractivity contribution in [2.75, 3.05) is 18.6 Å². The first-order valence-electron chi connectivity index (χ1n) is 17.0. The van der Waals surface area contributed by atoms with Crippen LogP contribution in [0.25, 0.3) is 11.1 Å². The molecular weight excluding hydrogens is 628 g/mol. The van der Waals surface area contributed by atoms with E-state index in [1.54, 1.807) is 42.3 Å². The minimum atomic E-state index is -0.578. The number of rotatable bonds is 10. The van der Waals surface area contributed by atoms with Gasteiger partial charge in [0.15, 0.2) is 0 Å². The molecular formula is C42H50N2O6. The standard InChI is InChI=1S/C42H50N2O6/c1-26-22-31(18-20-34(26)40(47)49-33-16-13-15-30(23-33)28(3)29(4)39(46)50-42(8,9)10)36-24-32(48-11)19-21-35(36)38(45)44(25-41(5,6)7)37-17-12-14-27(2)43-37/h12-24,28-29H,25H2,1-11H3/t28-,29+/m1/s1. The Kier molecular flexibility index (Phi) is 11.6. The summed E-state index contributed by atoms with van der Waals surface area (Å²) in [5, 5.41) is 0. The summed E-state index contributed by atoms with van der Waals surface area (Å²) in [6.45, 7) is 19.8. The van der Waals surface area contributed by atoms with E-state index in [2.05, 4.69) is 25.8 Å². The van der Waals surface area contributed by atoms with Crippen LogP contribution >= 0.6 is 0 Å². The molecule has 0 saturated carbocycles. The molecule has 8 heteroatoms. The smallest absolute Gasteiger partial charge is 0.343 e. The highest BCUT2D eigenvalue weighted by Crippen LogP contribution is 2.34. The Hall–Kier alpha value is -4.98. The van der Waals surface area contributed by atoms with Crippen molar-refractivity contribution >= 4 is 23.7 Å². The third kappa shape index (κ3) is 9.59. The Bertz CT molecular complexity index is 1870. The first-order chi connectivity index (χ1) is 23.4. The van der Waals surface area contributed by atoms with Gasteiger partial charge in [-0.25, -0.2) is 9.78 Å². The first-order valence-corrected chi connectivity index (χ1v) is 17.0. The molecule has 0 fully saturated rings. The van der Waals surface area contributed by atoms with E-state index in [0.717, 1.165) is 16.8 Å². The normalized spacial score (nSPS) is 12.9. The quantitative estimate of drug-likeness (QED) is 0.122. The number of ether oxygens (including phenoxy) is 3. The molecule has 0 saturated heterocycles. The summed E-state index contributed by atoms with van der Waals surface area (Å²) >= 11 is 0. The molecule has 0 aliphatic carbocycles. The highest BCUT2D eigenvalue weighted by atomic mass is 16.6. The maximum Gasteiger partial charge on any atom is 0.343 e. The van der Waals surface area contributed by atoms with Crippen molar-refractivity contribution in [1.29, 1.82) is 0 Å². The Balaban J connectivity index is 1.63. The zero-order valence-corrected chi connectivity index (χ0v) is 31.2. The topological polar surface area (TPSA) is 95.0 Å². The van der Waals surface area contributed by atoms with Crippen LogP contribution in [0.1, 0.15) is 98.8 Å². The van der Waals surface area contributed by atoms with Gasteiger partial charge in [-0.2, -0.15) is 0 Å². The molecule has 0 aliphatic heterocycles. The molecule has 1 aromatic heterocycles. The molecule has 0 N–H and O–H groups in total. The fraction of sp³-hybridized carbons (Fsp3) is 0.381. The van der Waals surface area contributed by atoms with Crippen molar-refractivity contribution in [3.05, 3.63) is 107 Å². The predicted molar refractivity (Wildman–Crippen MR) is 198 cm³/mol. The van der Waals surface area contributed by atoms with Gasteiger partial charge in [-0.1, -0.05) is 65.0 Å². The SMILES string of the molecule is COc1ccc(C(=O)N(CC(C)(C)C)c2cccc(C)n2)c(-c2ccc(C(=O)Oc3cccc([C@H](C)[C@H](C)C(=O)OC(C)(C)C)c3)c(C)c2)c1. The summed E-state index contributed by atoms with van der Waals surface area (Å²) in [6, 6.07) is 23.7. The van der Waals surface area contributed by atoms with Crippen LogP contribution in [0.5, 0.6) is 11.5 Å². The average molecular weight is 679 g/mol. The number of esters is 2. The largest absolute Gasteiger partial charge is 0.497 e. The summed E-state index contributed by atoms with van der Waals surface area (Å²) in [7, 11) is 1.58. The zero-order valence-electron chi connectivity index (χ0n) is 31.2. The third-order valence-corrected chi connectivity index (χ3v) is 8.37. The molecule has 8 nitrogen and oxygen atoms in total. The van der Waals surface area contributed by atoms with Gasteiger partial charge in [-0.15, -0.1) is 0 Å². The number of carbonyl (C=O) groups excluding carboxylic acids is 3. The number of pyridine rings is 1. The number of amides is 1. The molecule has 0 radical (unpaired) electrons. The van der Waals surface area contributed by atoms with Gasteiger partial charge in [0, 0.05) is 17.8 Å². The van der Waals surface area contributed by atoms with Gasteiger partial charge in [-0.05, 0) is 117 Å². The molecule has 4 rings (SSSR count). The van der Waals surface area contributed by atoms with Crippen LogP contribution in [-0.4, -0.2) is 42.1 Å². The Morgan fingerprint density at radius 2 is 1.48 bits per heavy atom. The minimum absolute atomic E-state index is 0.162. The Labute approximate surface area is 296 Å². The second-order valence-corrected chi connectivity index (χ2v) is 15.1. The lowest BCUT2D eigenvalue weighted by molar-refractivity contribution is -0.160. The number of hydrogen-bond donors (Lipinski definition) is 0. The number of carbonyl (C=O) groups is 3. The number of hydrogen-bond acceptors (Lipinski definition) is 7. The lowest BCUT2D eigenvalue weighted by Gasteiger charge is -2.30. The summed E-state index contributed by atoms with van der Waals surface area (Å²) in [6.07, 6.45) is 0. The van der Waals surface area contributed by atoms with Gasteiger partial charge < -0.3 is 14.2 Å². The Morgan fingerprint density at radius 3 is 2.10 bits per heavy atom. The van der Waals surface area contributed by atoms with Crippen LogP contribution in [0.2, 0.25) is 0 Å². The third-order valence-electron chi connectivity index (χ3n) is 8.37. The van der Waals surface area contributed by atoms with Crippen molar-refractivity contribution in [3.8, 4) is 22.6 Å². The minimum Gasteiger partial charge on any atom is -0.497 e.